The quantitative estimate of drug-likeness (QED) is 0.589. The van der Waals surface area contributed by atoms with Crippen molar-refractivity contribution in [2.45, 2.75) is 13.8 Å². The number of hydrogen-bond acceptors (Lipinski definition) is 5. The molecule has 1 aliphatic rings. The molecule has 0 N–H and O–H groups in total. The van der Waals surface area contributed by atoms with Crippen molar-refractivity contribution in [1.82, 2.24) is 14.9 Å². The van der Waals surface area contributed by atoms with Crippen LogP contribution in [0, 0.1) is 0 Å². The highest BCUT2D eigenvalue weighted by Gasteiger charge is 2.20. The van der Waals surface area contributed by atoms with Crippen LogP contribution < -0.4 is 9.80 Å². The van der Waals surface area contributed by atoms with Gasteiger partial charge in [0.2, 0.25) is 5.95 Å². The topological polar surface area (TPSA) is 35.5 Å². The first-order valence-corrected chi connectivity index (χ1v) is 11.0. The lowest BCUT2D eigenvalue weighted by molar-refractivity contribution is 0.283. The normalized spacial score (nSPS) is 15.2. The summed E-state index contributed by atoms with van der Waals surface area (Å²) in [5, 5.41) is 1.13. The van der Waals surface area contributed by atoms with Gasteiger partial charge in [0, 0.05) is 51.2 Å². The number of fused-ring (bicyclic) bond motifs is 1. The zero-order valence-corrected chi connectivity index (χ0v) is 18.0. The molecule has 0 bridgehead atoms. The zero-order valence-electron chi connectivity index (χ0n) is 18.0. The molecule has 0 atom stereocenters. The average Bonchev–Trinajstić information content (AvgIpc) is 2.81. The van der Waals surface area contributed by atoms with Gasteiger partial charge >= 0.3 is 0 Å². The molecule has 2 heterocycles. The molecule has 3 aromatic rings. The number of anilines is 2. The Morgan fingerprint density at radius 2 is 1.57 bits per heavy atom. The van der Waals surface area contributed by atoms with Crippen molar-refractivity contribution in [3.05, 3.63) is 66.2 Å². The van der Waals surface area contributed by atoms with Crippen LogP contribution in [0.25, 0.3) is 17.0 Å². The number of para-hydroxylation sites is 1. The highest BCUT2D eigenvalue weighted by atomic mass is 15.3. The maximum atomic E-state index is 5.00. The van der Waals surface area contributed by atoms with Crippen LogP contribution in [0.3, 0.4) is 0 Å². The largest absolute Gasteiger partial charge is 0.356 e. The van der Waals surface area contributed by atoms with Crippen molar-refractivity contribution < 1.29 is 0 Å². The Hall–Kier alpha value is -2.92. The minimum atomic E-state index is 0.857. The molecule has 0 spiro atoms. The van der Waals surface area contributed by atoms with Crippen molar-refractivity contribution in [3.8, 4) is 0 Å². The van der Waals surface area contributed by atoms with E-state index in [-0.39, 0.29) is 0 Å². The molecule has 30 heavy (non-hydrogen) atoms. The number of benzene rings is 2. The third-order valence-electron chi connectivity index (χ3n) is 5.76. The lowest BCUT2D eigenvalue weighted by atomic mass is 10.2. The molecule has 1 aliphatic heterocycles. The fourth-order valence-electron chi connectivity index (χ4n) is 3.99. The van der Waals surface area contributed by atoms with Gasteiger partial charge in [0.05, 0.1) is 5.52 Å². The molecular weight excluding hydrogens is 370 g/mol. The van der Waals surface area contributed by atoms with E-state index in [1.54, 1.807) is 0 Å². The first kappa shape index (κ1) is 20.4. The van der Waals surface area contributed by atoms with E-state index in [0.717, 1.165) is 68.5 Å². The predicted molar refractivity (Wildman–Crippen MR) is 127 cm³/mol. The number of piperazine rings is 1. The summed E-state index contributed by atoms with van der Waals surface area (Å²) in [5.74, 6) is 1.91. The van der Waals surface area contributed by atoms with E-state index in [4.69, 9.17) is 9.97 Å². The molecule has 4 rings (SSSR count). The molecule has 2 aromatic carbocycles. The van der Waals surface area contributed by atoms with E-state index in [1.165, 1.54) is 5.56 Å². The molecule has 156 valence electrons. The second-order valence-electron chi connectivity index (χ2n) is 7.64. The summed E-state index contributed by atoms with van der Waals surface area (Å²) in [7, 11) is 0. The van der Waals surface area contributed by atoms with Crippen LogP contribution in [0.1, 0.15) is 19.4 Å². The Morgan fingerprint density at radius 1 is 0.867 bits per heavy atom. The van der Waals surface area contributed by atoms with Gasteiger partial charge in [-0.2, -0.15) is 4.98 Å². The molecule has 1 aromatic heterocycles. The summed E-state index contributed by atoms with van der Waals surface area (Å²) in [4.78, 5) is 17.0. The van der Waals surface area contributed by atoms with Crippen molar-refractivity contribution in [3.63, 3.8) is 0 Å². The summed E-state index contributed by atoms with van der Waals surface area (Å²) in [6, 6.07) is 18.8. The summed E-state index contributed by atoms with van der Waals surface area (Å²) < 4.78 is 0. The van der Waals surface area contributed by atoms with Gasteiger partial charge < -0.3 is 9.80 Å². The van der Waals surface area contributed by atoms with Gasteiger partial charge in [-0.3, -0.25) is 4.90 Å². The molecule has 0 unspecified atom stereocenters. The number of aromatic nitrogens is 2. The van der Waals surface area contributed by atoms with E-state index < -0.39 is 0 Å². The van der Waals surface area contributed by atoms with Crippen LogP contribution in [0.5, 0.6) is 0 Å². The molecule has 0 aliphatic carbocycles. The third-order valence-corrected chi connectivity index (χ3v) is 5.76. The maximum absolute atomic E-state index is 5.00. The Balaban J connectivity index is 1.45. The lowest BCUT2D eigenvalue weighted by Gasteiger charge is -2.34. The highest BCUT2D eigenvalue weighted by molar-refractivity contribution is 5.90. The second kappa shape index (κ2) is 9.72. The first-order chi connectivity index (χ1) is 14.8. The van der Waals surface area contributed by atoms with Crippen molar-refractivity contribution in [2.75, 3.05) is 55.6 Å². The molecule has 5 heteroatoms. The van der Waals surface area contributed by atoms with Crippen molar-refractivity contribution >= 4 is 28.7 Å². The number of hydrogen-bond donors (Lipinski definition) is 0. The van der Waals surface area contributed by atoms with Gasteiger partial charge in [-0.25, -0.2) is 4.98 Å². The first-order valence-electron chi connectivity index (χ1n) is 11.0. The minimum Gasteiger partial charge on any atom is -0.356 e. The van der Waals surface area contributed by atoms with E-state index in [2.05, 4.69) is 95.3 Å². The molecule has 5 nitrogen and oxygen atoms in total. The van der Waals surface area contributed by atoms with Crippen molar-refractivity contribution in [2.24, 2.45) is 0 Å². The molecular formula is C25H31N5. The summed E-state index contributed by atoms with van der Waals surface area (Å²) in [6.45, 7) is 11.2. The summed E-state index contributed by atoms with van der Waals surface area (Å²) in [6.07, 6.45) is 4.46. The smallest absolute Gasteiger partial charge is 0.227 e. The van der Waals surface area contributed by atoms with Crippen LogP contribution in [0.15, 0.2) is 60.7 Å². The van der Waals surface area contributed by atoms with Crippen LogP contribution >= 0.6 is 0 Å². The van der Waals surface area contributed by atoms with Gasteiger partial charge in [0.25, 0.3) is 0 Å². The SMILES string of the molecule is CCN(CC)c1nc(N2CCN(C/C=C/c3ccccc3)CC2)nc2ccccc12. The monoisotopic (exact) mass is 401 g/mol. The Labute approximate surface area is 179 Å². The lowest BCUT2D eigenvalue weighted by Crippen LogP contribution is -2.47. The Bertz CT molecular complexity index is 973. The van der Waals surface area contributed by atoms with E-state index >= 15 is 0 Å². The van der Waals surface area contributed by atoms with Gasteiger partial charge in [0.1, 0.15) is 5.82 Å². The maximum Gasteiger partial charge on any atom is 0.227 e. The summed E-state index contributed by atoms with van der Waals surface area (Å²) in [5.41, 5.74) is 2.28. The Kier molecular flexibility index (Phi) is 6.60. The van der Waals surface area contributed by atoms with E-state index in [0.29, 0.717) is 0 Å². The number of nitrogens with zero attached hydrogens (tertiary/aromatic N) is 5. The fraction of sp³-hybridized carbons (Fsp3) is 0.360. The molecule has 1 saturated heterocycles. The Morgan fingerprint density at radius 3 is 2.30 bits per heavy atom. The van der Waals surface area contributed by atoms with Crippen LogP contribution in [-0.2, 0) is 0 Å². The predicted octanol–water partition coefficient (Wildman–Crippen LogP) is 4.31. The third kappa shape index (κ3) is 4.62. The minimum absolute atomic E-state index is 0.857. The average molecular weight is 402 g/mol. The van der Waals surface area contributed by atoms with Crippen LogP contribution in [0.2, 0.25) is 0 Å². The zero-order chi connectivity index (χ0) is 20.8. The van der Waals surface area contributed by atoms with Gasteiger partial charge in [-0.15, -0.1) is 0 Å². The second-order valence-corrected chi connectivity index (χ2v) is 7.64. The molecule has 1 fully saturated rings. The van der Waals surface area contributed by atoms with Crippen molar-refractivity contribution in [1.29, 1.82) is 0 Å². The van der Waals surface area contributed by atoms with Gasteiger partial charge in [0.15, 0.2) is 0 Å². The van der Waals surface area contributed by atoms with E-state index in [1.807, 2.05) is 0 Å². The number of rotatable bonds is 7. The molecule has 0 saturated carbocycles. The van der Waals surface area contributed by atoms with E-state index in [9.17, 15) is 0 Å². The standard InChI is InChI=1S/C25H31N5/c1-3-29(4-2)24-22-14-8-9-15-23(22)26-25(27-24)30-19-17-28(18-20-30)16-10-13-21-11-6-5-7-12-21/h5-15H,3-4,16-20H2,1-2H3/b13-10+. The fourth-order valence-corrected chi connectivity index (χ4v) is 3.99. The van der Waals surface area contributed by atoms with Gasteiger partial charge in [-0.1, -0.05) is 54.6 Å². The molecule has 0 radical (unpaired) electrons. The summed E-state index contributed by atoms with van der Waals surface area (Å²) >= 11 is 0. The van der Waals surface area contributed by atoms with Gasteiger partial charge in [-0.05, 0) is 31.5 Å². The molecule has 0 amide bonds. The highest BCUT2D eigenvalue weighted by Crippen LogP contribution is 2.27. The van der Waals surface area contributed by atoms with Crippen LogP contribution in [0.4, 0.5) is 11.8 Å². The van der Waals surface area contributed by atoms with Crippen LogP contribution in [-0.4, -0.2) is 60.7 Å².